The van der Waals surface area contributed by atoms with Crippen molar-refractivity contribution in [2.24, 2.45) is 5.92 Å². The first-order chi connectivity index (χ1) is 20.1. The van der Waals surface area contributed by atoms with Crippen LogP contribution in [0.1, 0.15) is 162 Å². The van der Waals surface area contributed by atoms with Crippen molar-refractivity contribution in [3.8, 4) is 0 Å². The zero-order valence-electron chi connectivity index (χ0n) is 26.6. The number of aliphatic carboxylic acids is 2. The molecular weight excluding hydrogens is 536 g/mol. The van der Waals surface area contributed by atoms with E-state index in [-0.39, 0.29) is 36.4 Å². The summed E-state index contributed by atoms with van der Waals surface area (Å²) in [6, 6.07) is -1.06. The minimum atomic E-state index is -1.13. The van der Waals surface area contributed by atoms with Crippen molar-refractivity contribution in [2.45, 2.75) is 168 Å². The standard InChI is InChI=1S/C33H60N2O7/c1-27(28(2)36)21-19-20-26-34-30(37)25-24-29(33(41)42)35-31(38)22-17-15-13-11-9-7-5-3-4-6-8-10-12-14-16-18-23-32(39)40/h27,29H,3-26H2,1-2H3,(H,34,37)(H,35,38)(H,39,40)(H,41,42)/t27-,29-/m0/s1. The first-order valence-electron chi connectivity index (χ1n) is 16.6. The maximum absolute atomic E-state index is 12.2. The number of carbonyl (C=O) groups is 5. The number of amides is 2. The Bertz CT molecular complexity index is 757. The van der Waals surface area contributed by atoms with Gasteiger partial charge in [0.05, 0.1) is 0 Å². The molecule has 0 saturated heterocycles. The summed E-state index contributed by atoms with van der Waals surface area (Å²) in [6.45, 7) is 3.97. The molecule has 0 radical (unpaired) electrons. The predicted molar refractivity (Wildman–Crippen MR) is 166 cm³/mol. The van der Waals surface area contributed by atoms with Crippen LogP contribution in [0.3, 0.4) is 0 Å². The van der Waals surface area contributed by atoms with E-state index in [2.05, 4.69) is 10.6 Å². The van der Waals surface area contributed by atoms with Crippen LogP contribution < -0.4 is 10.6 Å². The SMILES string of the molecule is CC(=O)[C@@H](C)CCCCNC(=O)CC[C@H](NC(=O)CCCCCCCCCCCCCCCCCCC(=O)O)C(=O)O. The van der Waals surface area contributed by atoms with Crippen LogP contribution in [0.25, 0.3) is 0 Å². The molecule has 0 aromatic rings. The van der Waals surface area contributed by atoms with Crippen LogP contribution in [0.15, 0.2) is 0 Å². The van der Waals surface area contributed by atoms with E-state index in [4.69, 9.17) is 5.11 Å². The van der Waals surface area contributed by atoms with Crippen molar-refractivity contribution in [1.82, 2.24) is 10.6 Å². The normalized spacial score (nSPS) is 12.4. The lowest BCUT2D eigenvalue weighted by Gasteiger charge is -2.14. The highest BCUT2D eigenvalue weighted by Crippen LogP contribution is 2.14. The first kappa shape index (κ1) is 39.5. The van der Waals surface area contributed by atoms with Gasteiger partial charge in [-0.1, -0.05) is 103 Å². The number of hydrogen-bond acceptors (Lipinski definition) is 5. The highest BCUT2D eigenvalue weighted by molar-refractivity contribution is 5.84. The van der Waals surface area contributed by atoms with Gasteiger partial charge < -0.3 is 20.8 Å². The quantitative estimate of drug-likeness (QED) is 0.0655. The monoisotopic (exact) mass is 596 g/mol. The van der Waals surface area contributed by atoms with Crippen molar-refractivity contribution in [3.05, 3.63) is 0 Å². The van der Waals surface area contributed by atoms with Gasteiger partial charge in [-0.2, -0.15) is 0 Å². The maximum Gasteiger partial charge on any atom is 0.326 e. The van der Waals surface area contributed by atoms with E-state index in [0.717, 1.165) is 64.2 Å². The molecule has 0 rings (SSSR count). The zero-order chi connectivity index (χ0) is 31.4. The Morgan fingerprint density at radius 3 is 1.43 bits per heavy atom. The molecule has 0 aliphatic carbocycles. The average molecular weight is 597 g/mol. The van der Waals surface area contributed by atoms with Crippen LogP contribution in [0, 0.1) is 5.92 Å². The maximum atomic E-state index is 12.2. The molecule has 9 nitrogen and oxygen atoms in total. The van der Waals surface area contributed by atoms with Crippen LogP contribution in [0.4, 0.5) is 0 Å². The van der Waals surface area contributed by atoms with Gasteiger partial charge in [0.25, 0.3) is 0 Å². The second-order valence-corrected chi connectivity index (χ2v) is 11.9. The fourth-order valence-corrected chi connectivity index (χ4v) is 4.93. The summed E-state index contributed by atoms with van der Waals surface area (Å²) in [4.78, 5) is 57.5. The van der Waals surface area contributed by atoms with E-state index in [1.807, 2.05) is 6.92 Å². The largest absolute Gasteiger partial charge is 0.481 e. The van der Waals surface area contributed by atoms with E-state index in [9.17, 15) is 29.1 Å². The van der Waals surface area contributed by atoms with Gasteiger partial charge in [-0.3, -0.25) is 19.2 Å². The molecule has 9 heteroatoms. The van der Waals surface area contributed by atoms with E-state index >= 15 is 0 Å². The van der Waals surface area contributed by atoms with Crippen molar-refractivity contribution >= 4 is 29.5 Å². The van der Waals surface area contributed by atoms with Gasteiger partial charge in [-0.15, -0.1) is 0 Å². The van der Waals surface area contributed by atoms with E-state index in [0.29, 0.717) is 19.4 Å². The van der Waals surface area contributed by atoms with Crippen molar-refractivity contribution in [1.29, 1.82) is 0 Å². The van der Waals surface area contributed by atoms with Gasteiger partial charge in [-0.05, 0) is 39.0 Å². The molecule has 0 aliphatic heterocycles. The van der Waals surface area contributed by atoms with Crippen LogP contribution in [-0.4, -0.2) is 52.3 Å². The third kappa shape index (κ3) is 26.4. The molecule has 0 spiro atoms. The summed E-state index contributed by atoms with van der Waals surface area (Å²) in [5, 5.41) is 23.4. The highest BCUT2D eigenvalue weighted by Gasteiger charge is 2.20. The lowest BCUT2D eigenvalue weighted by atomic mass is 10.0. The highest BCUT2D eigenvalue weighted by atomic mass is 16.4. The molecule has 0 saturated carbocycles. The number of carboxylic acids is 2. The van der Waals surface area contributed by atoms with Gasteiger partial charge in [0.2, 0.25) is 11.8 Å². The molecule has 0 aliphatic rings. The Hall–Kier alpha value is -2.45. The van der Waals surface area contributed by atoms with E-state index in [1.54, 1.807) is 6.92 Å². The second-order valence-electron chi connectivity index (χ2n) is 11.9. The molecular formula is C33H60N2O7. The van der Waals surface area contributed by atoms with Crippen LogP contribution in [0.2, 0.25) is 0 Å². The molecule has 0 aromatic carbocycles. The molecule has 2 amide bonds. The number of carboxylic acid groups (broad SMARTS) is 2. The van der Waals surface area contributed by atoms with Crippen molar-refractivity contribution in [2.75, 3.05) is 6.54 Å². The third-order valence-corrected chi connectivity index (χ3v) is 7.92. The molecule has 42 heavy (non-hydrogen) atoms. The number of carbonyl (C=O) groups excluding carboxylic acids is 3. The minimum absolute atomic E-state index is 0.0316. The smallest absolute Gasteiger partial charge is 0.326 e. The van der Waals surface area contributed by atoms with Gasteiger partial charge >= 0.3 is 11.9 Å². The van der Waals surface area contributed by atoms with Gasteiger partial charge in [-0.25, -0.2) is 4.79 Å². The summed E-state index contributed by atoms with van der Waals surface area (Å²) >= 11 is 0. The Morgan fingerprint density at radius 1 is 0.548 bits per heavy atom. The number of nitrogens with one attached hydrogen (secondary N) is 2. The number of hydrogen-bond donors (Lipinski definition) is 4. The number of rotatable bonds is 30. The van der Waals surface area contributed by atoms with Gasteiger partial charge in [0, 0.05) is 31.7 Å². The summed E-state index contributed by atoms with van der Waals surface area (Å²) in [7, 11) is 0. The van der Waals surface area contributed by atoms with Crippen LogP contribution >= 0.6 is 0 Å². The van der Waals surface area contributed by atoms with Crippen molar-refractivity contribution in [3.63, 3.8) is 0 Å². The molecule has 244 valence electrons. The Morgan fingerprint density at radius 2 is 1.00 bits per heavy atom. The number of unbranched alkanes of at least 4 members (excludes halogenated alkanes) is 16. The number of ketones is 1. The van der Waals surface area contributed by atoms with Gasteiger partial charge in [0.15, 0.2) is 0 Å². The minimum Gasteiger partial charge on any atom is -0.481 e. The van der Waals surface area contributed by atoms with E-state index < -0.39 is 18.0 Å². The molecule has 0 unspecified atom stereocenters. The molecule has 2 atom stereocenters. The van der Waals surface area contributed by atoms with Crippen molar-refractivity contribution < 1.29 is 34.2 Å². The van der Waals surface area contributed by atoms with Crippen LogP contribution in [-0.2, 0) is 24.0 Å². The summed E-state index contributed by atoms with van der Waals surface area (Å²) < 4.78 is 0. The average Bonchev–Trinajstić information content (AvgIpc) is 2.93. The van der Waals surface area contributed by atoms with E-state index in [1.165, 1.54) is 57.8 Å². The zero-order valence-corrected chi connectivity index (χ0v) is 26.6. The fraction of sp³-hybridized carbons (Fsp3) is 0.848. The summed E-state index contributed by atoms with van der Waals surface area (Å²) in [6.07, 6.45) is 21.3. The Balaban J connectivity index is 3.65. The van der Waals surface area contributed by atoms with Gasteiger partial charge in [0.1, 0.15) is 11.8 Å². The third-order valence-electron chi connectivity index (χ3n) is 7.92. The fourth-order valence-electron chi connectivity index (χ4n) is 4.93. The summed E-state index contributed by atoms with van der Waals surface area (Å²) in [5.74, 6) is -2.13. The molecule has 4 N–H and O–H groups in total. The Kier molecular flexibility index (Phi) is 25.8. The molecule has 0 aromatic heterocycles. The predicted octanol–water partition coefficient (Wildman–Crippen LogP) is 6.95. The summed E-state index contributed by atoms with van der Waals surface area (Å²) in [5.41, 5.74) is 0. The molecule has 0 bridgehead atoms. The topological polar surface area (TPSA) is 150 Å². The van der Waals surface area contributed by atoms with Crippen LogP contribution in [0.5, 0.6) is 0 Å². The lowest BCUT2D eigenvalue weighted by Crippen LogP contribution is -2.41. The first-order valence-corrected chi connectivity index (χ1v) is 16.6. The Labute approximate surface area is 254 Å². The molecule has 0 fully saturated rings. The number of Topliss-reactive ketones (excluding diaryl/α,β-unsaturated/α-hetero) is 1. The molecule has 0 heterocycles. The second kappa shape index (κ2) is 27.4. The lowest BCUT2D eigenvalue weighted by molar-refractivity contribution is -0.142.